The number of aromatic nitrogens is 3. The van der Waals surface area contributed by atoms with E-state index in [0.717, 1.165) is 44.7 Å². The highest BCUT2D eigenvalue weighted by Gasteiger charge is 2.44. The van der Waals surface area contributed by atoms with E-state index in [4.69, 9.17) is 5.73 Å². The molecule has 1 atom stereocenters. The van der Waals surface area contributed by atoms with E-state index in [1.165, 1.54) is 6.07 Å². The predicted molar refractivity (Wildman–Crippen MR) is 114 cm³/mol. The second kappa shape index (κ2) is 7.51. The number of nitrogens with one attached hydrogen (secondary N) is 1. The monoisotopic (exact) mass is 429 g/mol. The van der Waals surface area contributed by atoms with Crippen LogP contribution >= 0.6 is 0 Å². The standard InChI is InChI=1S/C23H26F3N5/c24-23(25,26)16-8-9-19(31-13-10-18(27)22(14-31)11-4-5-12-22)28-21(16)20-15-6-2-1-3-7-17(15)29-30-20/h1-2,6-9,18,29H,3-5,10-14,27H2. The number of nitrogens with zero attached hydrogens (tertiary/aromatic N) is 3. The van der Waals surface area contributed by atoms with Gasteiger partial charge in [-0.3, -0.25) is 5.10 Å². The van der Waals surface area contributed by atoms with Crippen LogP contribution in [0.25, 0.3) is 23.5 Å². The summed E-state index contributed by atoms with van der Waals surface area (Å²) in [5.41, 5.74) is 5.85. The average molecular weight is 429 g/mol. The molecule has 2 aliphatic carbocycles. The van der Waals surface area contributed by atoms with Crippen LogP contribution in [0.5, 0.6) is 0 Å². The summed E-state index contributed by atoms with van der Waals surface area (Å²) in [7, 11) is 0. The third kappa shape index (κ3) is 3.56. The molecule has 3 heterocycles. The highest BCUT2D eigenvalue weighted by Crippen LogP contribution is 2.45. The van der Waals surface area contributed by atoms with Crippen molar-refractivity contribution in [2.24, 2.45) is 11.1 Å². The third-order valence-electron chi connectivity index (χ3n) is 7.03. The summed E-state index contributed by atoms with van der Waals surface area (Å²) >= 11 is 0. The quantitative estimate of drug-likeness (QED) is 0.770. The van der Waals surface area contributed by atoms with Gasteiger partial charge in [-0.1, -0.05) is 37.1 Å². The van der Waals surface area contributed by atoms with Crippen LogP contribution in [0.4, 0.5) is 19.0 Å². The molecular formula is C23H26F3N5. The minimum Gasteiger partial charge on any atom is -0.356 e. The first-order valence-corrected chi connectivity index (χ1v) is 10.9. The minimum atomic E-state index is -4.52. The van der Waals surface area contributed by atoms with Crippen molar-refractivity contribution < 1.29 is 13.2 Å². The van der Waals surface area contributed by atoms with Gasteiger partial charge in [-0.25, -0.2) is 4.98 Å². The lowest BCUT2D eigenvalue weighted by molar-refractivity contribution is -0.137. The first kappa shape index (κ1) is 20.3. The molecule has 1 saturated heterocycles. The van der Waals surface area contributed by atoms with E-state index < -0.39 is 11.7 Å². The zero-order valence-corrected chi connectivity index (χ0v) is 17.3. The Morgan fingerprint density at radius 1 is 1.16 bits per heavy atom. The zero-order chi connectivity index (χ0) is 21.6. The van der Waals surface area contributed by atoms with Crippen LogP contribution in [-0.4, -0.2) is 34.3 Å². The van der Waals surface area contributed by atoms with Crippen molar-refractivity contribution in [3.05, 3.63) is 40.4 Å². The number of fused-ring (bicyclic) bond motifs is 1. The Labute approximate surface area is 178 Å². The summed E-state index contributed by atoms with van der Waals surface area (Å²) in [6, 6.07) is 2.77. The summed E-state index contributed by atoms with van der Waals surface area (Å²) in [6.07, 6.45) is 8.96. The van der Waals surface area contributed by atoms with Crippen molar-refractivity contribution in [3.8, 4) is 11.4 Å². The molecule has 1 unspecified atom stereocenters. The Balaban J connectivity index is 1.61. The van der Waals surface area contributed by atoms with Crippen LogP contribution in [0.15, 0.2) is 24.3 Å². The number of halogens is 3. The molecule has 2 fully saturated rings. The maximum Gasteiger partial charge on any atom is 0.418 e. The van der Waals surface area contributed by atoms with E-state index in [-0.39, 0.29) is 22.8 Å². The number of anilines is 1. The number of piperidine rings is 1. The SMILES string of the molecule is NC1CCN(c2ccc(C(F)(F)F)c(-c3n[nH]c4c3=CC=CCC=4)n2)CC12CCCC2. The number of allylic oxidation sites excluding steroid dienone is 2. The van der Waals surface area contributed by atoms with Gasteiger partial charge < -0.3 is 10.6 Å². The molecule has 2 aromatic rings. The first-order valence-electron chi connectivity index (χ1n) is 10.9. The van der Waals surface area contributed by atoms with Gasteiger partial charge in [0.1, 0.15) is 17.2 Å². The summed E-state index contributed by atoms with van der Waals surface area (Å²) in [5.74, 6) is 0.561. The second-order valence-corrected chi connectivity index (χ2v) is 8.88. The lowest BCUT2D eigenvalue weighted by Crippen LogP contribution is -2.54. The molecule has 8 heteroatoms. The fourth-order valence-electron chi connectivity index (χ4n) is 5.31. The number of hydrogen-bond acceptors (Lipinski definition) is 4. The molecule has 2 aromatic heterocycles. The largest absolute Gasteiger partial charge is 0.418 e. The molecule has 3 aliphatic rings. The van der Waals surface area contributed by atoms with Gasteiger partial charge in [0.05, 0.1) is 10.9 Å². The number of aromatic amines is 1. The highest BCUT2D eigenvalue weighted by atomic mass is 19.4. The Morgan fingerprint density at radius 3 is 2.74 bits per heavy atom. The maximum atomic E-state index is 13.9. The van der Waals surface area contributed by atoms with Gasteiger partial charge in [-0.15, -0.1) is 0 Å². The molecule has 1 aliphatic heterocycles. The lowest BCUT2D eigenvalue weighted by atomic mass is 9.74. The normalized spacial score (nSPS) is 22.7. The summed E-state index contributed by atoms with van der Waals surface area (Å²) in [5, 5.41) is 8.46. The van der Waals surface area contributed by atoms with Crippen LogP contribution < -0.4 is 21.2 Å². The summed E-state index contributed by atoms with van der Waals surface area (Å²) < 4.78 is 41.6. The Bertz CT molecular complexity index is 1130. The van der Waals surface area contributed by atoms with Crippen LogP contribution in [0.3, 0.4) is 0 Å². The van der Waals surface area contributed by atoms with Gasteiger partial charge in [-0.05, 0) is 37.8 Å². The molecule has 0 bridgehead atoms. The van der Waals surface area contributed by atoms with E-state index in [1.54, 1.807) is 6.08 Å². The van der Waals surface area contributed by atoms with Crippen LogP contribution in [0.2, 0.25) is 0 Å². The first-order chi connectivity index (χ1) is 14.9. The van der Waals surface area contributed by atoms with Crippen molar-refractivity contribution >= 4 is 18.0 Å². The Hall–Kier alpha value is -2.61. The van der Waals surface area contributed by atoms with E-state index in [2.05, 4.69) is 20.1 Å². The molecule has 0 radical (unpaired) electrons. The third-order valence-corrected chi connectivity index (χ3v) is 7.03. The number of rotatable bonds is 2. The number of hydrogen-bond donors (Lipinski definition) is 2. The van der Waals surface area contributed by atoms with Gasteiger partial charge in [0.2, 0.25) is 0 Å². The molecule has 3 N–H and O–H groups in total. The molecular weight excluding hydrogens is 403 g/mol. The van der Waals surface area contributed by atoms with Gasteiger partial charge >= 0.3 is 6.18 Å². The van der Waals surface area contributed by atoms with Gasteiger partial charge in [-0.2, -0.15) is 18.3 Å². The Morgan fingerprint density at radius 2 is 1.97 bits per heavy atom. The molecule has 31 heavy (non-hydrogen) atoms. The van der Waals surface area contributed by atoms with Crippen LogP contribution in [0, 0.1) is 5.41 Å². The van der Waals surface area contributed by atoms with Gasteiger partial charge in [0.25, 0.3) is 0 Å². The Kier molecular flexibility index (Phi) is 4.92. The van der Waals surface area contributed by atoms with Crippen molar-refractivity contribution in [1.29, 1.82) is 0 Å². The highest BCUT2D eigenvalue weighted by molar-refractivity contribution is 5.66. The van der Waals surface area contributed by atoms with Gasteiger partial charge in [0, 0.05) is 29.8 Å². The topological polar surface area (TPSA) is 70.8 Å². The summed E-state index contributed by atoms with van der Waals surface area (Å²) in [6.45, 7) is 1.44. The molecule has 1 saturated carbocycles. The smallest absolute Gasteiger partial charge is 0.356 e. The van der Waals surface area contributed by atoms with Crippen LogP contribution in [0.1, 0.15) is 44.1 Å². The fourth-order valence-corrected chi connectivity index (χ4v) is 5.31. The second-order valence-electron chi connectivity index (χ2n) is 8.88. The van der Waals surface area contributed by atoms with Crippen molar-refractivity contribution in [2.45, 2.75) is 50.7 Å². The van der Waals surface area contributed by atoms with E-state index >= 15 is 0 Å². The zero-order valence-electron chi connectivity index (χ0n) is 17.3. The number of H-pyrrole nitrogens is 1. The number of pyridine rings is 1. The molecule has 5 nitrogen and oxygen atoms in total. The average Bonchev–Trinajstić information content (AvgIpc) is 3.30. The van der Waals surface area contributed by atoms with E-state index in [0.29, 0.717) is 29.4 Å². The van der Waals surface area contributed by atoms with E-state index in [1.807, 2.05) is 18.2 Å². The number of nitrogens with two attached hydrogens (primary N) is 1. The van der Waals surface area contributed by atoms with Gasteiger partial charge in [0.15, 0.2) is 0 Å². The summed E-state index contributed by atoms with van der Waals surface area (Å²) in [4.78, 5) is 6.66. The van der Waals surface area contributed by atoms with Crippen molar-refractivity contribution in [3.63, 3.8) is 0 Å². The molecule has 0 aromatic carbocycles. The lowest BCUT2D eigenvalue weighted by Gasteiger charge is -2.45. The minimum absolute atomic E-state index is 0.0414. The maximum absolute atomic E-state index is 13.9. The molecule has 1 spiro atoms. The van der Waals surface area contributed by atoms with Crippen molar-refractivity contribution in [2.75, 3.05) is 18.0 Å². The van der Waals surface area contributed by atoms with Crippen molar-refractivity contribution in [1.82, 2.24) is 15.2 Å². The number of alkyl halides is 3. The molecule has 164 valence electrons. The molecule has 5 rings (SSSR count). The van der Waals surface area contributed by atoms with E-state index in [9.17, 15) is 13.2 Å². The molecule has 0 amide bonds. The fraction of sp³-hybridized carbons (Fsp3) is 0.478. The van der Waals surface area contributed by atoms with Crippen LogP contribution in [-0.2, 0) is 6.18 Å². The predicted octanol–water partition coefficient (Wildman–Crippen LogP) is 3.11.